The average molecular weight is 725 g/mol. The molecule has 1 aromatic heterocycles. The zero-order chi connectivity index (χ0) is 34.4. The fourth-order valence-electron chi connectivity index (χ4n) is 5.07. The van der Waals surface area contributed by atoms with Gasteiger partial charge in [-0.15, -0.1) is 0 Å². The Bertz CT molecular complexity index is 1880. The van der Waals surface area contributed by atoms with Gasteiger partial charge in [0.05, 0.1) is 19.1 Å². The maximum absolute atomic E-state index is 13.5. The fourth-order valence-corrected chi connectivity index (χ4v) is 5.40. The van der Waals surface area contributed by atoms with Crippen LogP contribution in [0, 0.1) is 0 Å². The molecule has 2 N–H and O–H groups in total. The molecule has 0 saturated carbocycles. The molecule has 4 aromatic rings. The number of hydrogen-bond acceptors (Lipinski definition) is 6. The van der Waals surface area contributed by atoms with Crippen molar-refractivity contribution in [2.45, 2.75) is 32.0 Å². The number of carbonyl (C=O) groups excluding carboxylic acids is 2. The standard InChI is InChI=1S/C35H29BrF3N3O6/c1-47-28-15-10-25(29(17-28)35(37,38)39)16-31(43)40-27-13-8-24(9-14-27)34(46)42(19-32(44)45)18-21-2-4-22(5-3-21)30-20-48-33(41-30)23-6-11-26(36)12-7-23/h2-6,8-11,13-15,17,20H,7,12,16,18-19H2,1H3,(H,40,43)(H,44,45). The minimum atomic E-state index is -4.68. The van der Waals surface area contributed by atoms with Gasteiger partial charge in [0.25, 0.3) is 5.91 Å². The molecule has 2 amide bonds. The van der Waals surface area contributed by atoms with E-state index in [9.17, 15) is 32.7 Å². The Hall–Kier alpha value is -5.17. The topological polar surface area (TPSA) is 122 Å². The highest BCUT2D eigenvalue weighted by Gasteiger charge is 2.34. The number of aliphatic carboxylic acids is 1. The number of anilines is 1. The molecule has 0 unspecified atom stereocenters. The van der Waals surface area contributed by atoms with E-state index in [1.165, 1.54) is 48.4 Å². The molecule has 9 nitrogen and oxygen atoms in total. The highest BCUT2D eigenvalue weighted by Crippen LogP contribution is 2.35. The van der Waals surface area contributed by atoms with Crippen LogP contribution in [0.25, 0.3) is 16.8 Å². The van der Waals surface area contributed by atoms with Gasteiger partial charge in [-0.25, -0.2) is 4.98 Å². The predicted molar refractivity (Wildman–Crippen MR) is 175 cm³/mol. The van der Waals surface area contributed by atoms with E-state index < -0.39 is 42.5 Å². The fraction of sp³-hybridized carbons (Fsp3) is 0.200. The third kappa shape index (κ3) is 8.59. The summed E-state index contributed by atoms with van der Waals surface area (Å²) in [5, 5.41) is 12.0. The van der Waals surface area contributed by atoms with E-state index in [1.807, 2.05) is 24.3 Å². The van der Waals surface area contributed by atoms with E-state index >= 15 is 0 Å². The van der Waals surface area contributed by atoms with Gasteiger partial charge in [-0.2, -0.15) is 13.2 Å². The first-order valence-corrected chi connectivity index (χ1v) is 15.4. The first kappa shape index (κ1) is 34.2. The number of nitrogens with zero attached hydrogens (tertiary/aromatic N) is 2. The van der Waals surface area contributed by atoms with Gasteiger partial charge in [0.2, 0.25) is 11.8 Å². The Morgan fingerprint density at radius 3 is 2.38 bits per heavy atom. The van der Waals surface area contributed by atoms with E-state index in [1.54, 1.807) is 18.4 Å². The molecule has 0 spiro atoms. The number of aromatic nitrogens is 1. The Labute approximate surface area is 281 Å². The number of alkyl halides is 3. The van der Waals surface area contributed by atoms with Crippen molar-refractivity contribution in [2.75, 3.05) is 19.0 Å². The number of hydrogen-bond donors (Lipinski definition) is 2. The van der Waals surface area contributed by atoms with Gasteiger partial charge >= 0.3 is 12.1 Å². The lowest BCUT2D eigenvalue weighted by Gasteiger charge is -2.21. The summed E-state index contributed by atoms with van der Waals surface area (Å²) in [5.41, 5.74) is 2.32. The van der Waals surface area contributed by atoms with E-state index in [0.29, 0.717) is 17.1 Å². The maximum Gasteiger partial charge on any atom is 0.416 e. The van der Waals surface area contributed by atoms with E-state index in [0.717, 1.165) is 34.5 Å². The third-order valence-corrected chi connectivity index (χ3v) is 8.16. The summed E-state index contributed by atoms with van der Waals surface area (Å²) in [5.74, 6) is -1.90. The van der Waals surface area contributed by atoms with Gasteiger partial charge in [0.15, 0.2) is 0 Å². The van der Waals surface area contributed by atoms with Crippen LogP contribution in [0.1, 0.15) is 45.8 Å². The van der Waals surface area contributed by atoms with Crippen LogP contribution in [-0.2, 0) is 28.7 Å². The number of methoxy groups -OCH3 is 1. The number of nitrogens with one attached hydrogen (secondary N) is 1. The number of allylic oxidation sites excluding steroid dienone is 4. The Morgan fingerprint density at radius 1 is 1.02 bits per heavy atom. The summed E-state index contributed by atoms with van der Waals surface area (Å²) in [6.45, 7) is -0.555. The minimum Gasteiger partial charge on any atom is -0.497 e. The van der Waals surface area contributed by atoms with Crippen molar-refractivity contribution < 1.29 is 41.8 Å². The molecule has 0 fully saturated rings. The second-order valence-corrected chi connectivity index (χ2v) is 11.9. The van der Waals surface area contributed by atoms with Crippen LogP contribution >= 0.6 is 15.9 Å². The molecule has 0 radical (unpaired) electrons. The van der Waals surface area contributed by atoms with Gasteiger partial charge in [-0.1, -0.05) is 58.4 Å². The van der Waals surface area contributed by atoms with Crippen LogP contribution in [0.15, 0.2) is 94.0 Å². The van der Waals surface area contributed by atoms with Crippen LogP contribution in [0.3, 0.4) is 0 Å². The lowest BCUT2D eigenvalue weighted by molar-refractivity contribution is -0.139. The number of amides is 2. The number of ether oxygens (including phenoxy) is 1. The van der Waals surface area contributed by atoms with Crippen molar-refractivity contribution in [3.63, 3.8) is 0 Å². The lowest BCUT2D eigenvalue weighted by Crippen LogP contribution is -2.35. The van der Waals surface area contributed by atoms with Crippen molar-refractivity contribution in [3.8, 4) is 17.0 Å². The van der Waals surface area contributed by atoms with Gasteiger partial charge in [-0.3, -0.25) is 14.4 Å². The third-order valence-electron chi connectivity index (χ3n) is 7.50. The molecular formula is C35H29BrF3N3O6. The first-order chi connectivity index (χ1) is 22.9. The van der Waals surface area contributed by atoms with Crippen LogP contribution in [-0.4, -0.2) is 46.4 Å². The SMILES string of the molecule is COc1ccc(CC(=O)Nc2ccc(C(=O)N(CC(=O)O)Cc3ccc(-c4coc(C5=CC=C(Br)CC5)n4)cc3)cc2)c(C(F)(F)F)c1. The normalized spacial score (nSPS) is 12.9. The van der Waals surface area contributed by atoms with Crippen LogP contribution in [0.5, 0.6) is 5.75 Å². The molecule has 48 heavy (non-hydrogen) atoms. The number of carbonyl (C=O) groups is 3. The lowest BCUT2D eigenvalue weighted by atomic mass is 10.0. The van der Waals surface area contributed by atoms with E-state index in [-0.39, 0.29) is 29.1 Å². The quantitative estimate of drug-likeness (QED) is 0.162. The molecule has 1 heterocycles. The number of rotatable bonds is 11. The summed E-state index contributed by atoms with van der Waals surface area (Å²) in [6.07, 6.45) is 1.95. The number of oxazole rings is 1. The molecule has 0 atom stereocenters. The molecular weight excluding hydrogens is 695 g/mol. The number of benzene rings is 3. The zero-order valence-corrected chi connectivity index (χ0v) is 27.1. The van der Waals surface area contributed by atoms with Crippen LogP contribution in [0.4, 0.5) is 18.9 Å². The van der Waals surface area contributed by atoms with Crippen molar-refractivity contribution in [2.24, 2.45) is 0 Å². The molecule has 5 rings (SSSR count). The Balaban J connectivity index is 1.23. The summed E-state index contributed by atoms with van der Waals surface area (Å²) in [7, 11) is 1.25. The molecule has 1 aliphatic carbocycles. The Morgan fingerprint density at radius 2 is 1.75 bits per heavy atom. The summed E-state index contributed by atoms with van der Waals surface area (Å²) in [4.78, 5) is 43.3. The molecule has 0 saturated heterocycles. The van der Waals surface area contributed by atoms with Gasteiger partial charge in [-0.05, 0) is 64.8 Å². The molecule has 0 aliphatic heterocycles. The molecule has 1 aliphatic rings. The van der Waals surface area contributed by atoms with Crippen molar-refractivity contribution in [1.29, 1.82) is 0 Å². The minimum absolute atomic E-state index is 0.00542. The number of carboxylic acid groups (broad SMARTS) is 1. The van der Waals surface area contributed by atoms with Gasteiger partial charge in [0, 0.05) is 28.9 Å². The summed E-state index contributed by atoms with van der Waals surface area (Å²) < 4.78 is 52.3. The van der Waals surface area contributed by atoms with Crippen LogP contribution < -0.4 is 10.1 Å². The molecule has 248 valence electrons. The van der Waals surface area contributed by atoms with Crippen molar-refractivity contribution >= 4 is 45.0 Å². The summed E-state index contributed by atoms with van der Waals surface area (Å²) in [6, 6.07) is 16.2. The Kier molecular flexibility index (Phi) is 10.5. The molecule has 3 aromatic carbocycles. The second-order valence-electron chi connectivity index (χ2n) is 10.9. The highest BCUT2D eigenvalue weighted by molar-refractivity contribution is 9.11. The van der Waals surface area contributed by atoms with Crippen molar-refractivity contribution in [1.82, 2.24) is 9.88 Å². The monoisotopic (exact) mass is 723 g/mol. The molecule has 13 heteroatoms. The number of halogens is 4. The largest absolute Gasteiger partial charge is 0.497 e. The van der Waals surface area contributed by atoms with Crippen molar-refractivity contribution in [3.05, 3.63) is 118 Å². The van der Waals surface area contributed by atoms with E-state index in [2.05, 4.69) is 26.2 Å². The predicted octanol–water partition coefficient (Wildman–Crippen LogP) is 7.73. The molecule has 0 bridgehead atoms. The van der Waals surface area contributed by atoms with E-state index in [4.69, 9.17) is 9.15 Å². The summed E-state index contributed by atoms with van der Waals surface area (Å²) >= 11 is 3.48. The second kappa shape index (κ2) is 14.7. The zero-order valence-electron chi connectivity index (χ0n) is 25.5. The highest BCUT2D eigenvalue weighted by atomic mass is 79.9. The number of carboxylic acids is 1. The van der Waals surface area contributed by atoms with Crippen LogP contribution in [0.2, 0.25) is 0 Å². The smallest absolute Gasteiger partial charge is 0.416 e. The first-order valence-electron chi connectivity index (χ1n) is 14.6. The van der Waals surface area contributed by atoms with Gasteiger partial charge < -0.3 is 24.5 Å². The van der Waals surface area contributed by atoms with Gasteiger partial charge in [0.1, 0.15) is 24.3 Å². The maximum atomic E-state index is 13.5. The average Bonchev–Trinajstić information content (AvgIpc) is 3.55.